The van der Waals surface area contributed by atoms with Crippen molar-refractivity contribution in [2.45, 2.75) is 32.1 Å². The van der Waals surface area contributed by atoms with Crippen molar-refractivity contribution in [3.63, 3.8) is 0 Å². The van der Waals surface area contributed by atoms with Crippen LogP contribution in [-0.4, -0.2) is 30.3 Å². The lowest BCUT2D eigenvalue weighted by Crippen LogP contribution is -2.30. The van der Waals surface area contributed by atoms with Gasteiger partial charge in [-0.05, 0) is 49.7 Å². The Balaban J connectivity index is 1.52. The average Bonchev–Trinajstić information content (AvgIpc) is 2.77. The van der Waals surface area contributed by atoms with E-state index in [0.717, 1.165) is 18.4 Å². The zero-order valence-electron chi connectivity index (χ0n) is 10.8. The van der Waals surface area contributed by atoms with Crippen molar-refractivity contribution in [1.82, 2.24) is 4.90 Å². The van der Waals surface area contributed by atoms with Crippen molar-refractivity contribution in [1.29, 1.82) is 0 Å². The van der Waals surface area contributed by atoms with E-state index in [9.17, 15) is 4.79 Å². The van der Waals surface area contributed by atoms with Gasteiger partial charge >= 0.3 is 0 Å². The molecule has 0 unspecified atom stereocenters. The van der Waals surface area contributed by atoms with Crippen molar-refractivity contribution < 1.29 is 9.21 Å². The van der Waals surface area contributed by atoms with Crippen LogP contribution >= 0.6 is 0 Å². The molecule has 2 bridgehead atoms. The van der Waals surface area contributed by atoms with Gasteiger partial charge in [-0.15, -0.1) is 0 Å². The summed E-state index contributed by atoms with van der Waals surface area (Å²) in [6.07, 6.45) is 7.74. The van der Waals surface area contributed by atoms with E-state index in [1.165, 1.54) is 38.8 Å². The lowest BCUT2D eigenvalue weighted by atomic mass is 9.84. The molecule has 0 radical (unpaired) electrons. The predicted molar refractivity (Wildman–Crippen MR) is 69.5 cm³/mol. The molecule has 1 aromatic heterocycles. The normalized spacial score (nSPS) is 28.2. The first-order valence-electron chi connectivity index (χ1n) is 7.10. The van der Waals surface area contributed by atoms with Gasteiger partial charge in [0.15, 0.2) is 11.5 Å². The van der Waals surface area contributed by atoms with E-state index in [1.54, 1.807) is 18.4 Å². The van der Waals surface area contributed by atoms with Crippen LogP contribution in [0.3, 0.4) is 0 Å². The number of furan rings is 1. The first kappa shape index (κ1) is 12.0. The Morgan fingerprint density at radius 2 is 1.89 bits per heavy atom. The fourth-order valence-corrected chi connectivity index (χ4v) is 3.40. The summed E-state index contributed by atoms with van der Waals surface area (Å²) in [5.74, 6) is 2.40. The van der Waals surface area contributed by atoms with Gasteiger partial charge in [-0.2, -0.15) is 0 Å². The maximum absolute atomic E-state index is 11.9. The van der Waals surface area contributed by atoms with Crippen molar-refractivity contribution in [3.05, 3.63) is 24.2 Å². The molecule has 1 aliphatic carbocycles. The molecule has 0 spiro atoms. The highest BCUT2D eigenvalue weighted by Gasteiger charge is 2.29. The molecule has 98 valence electrons. The summed E-state index contributed by atoms with van der Waals surface area (Å²) >= 11 is 0. The van der Waals surface area contributed by atoms with Crippen molar-refractivity contribution >= 4 is 5.78 Å². The smallest absolute Gasteiger partial charge is 0.199 e. The second kappa shape index (κ2) is 5.27. The Morgan fingerprint density at radius 3 is 2.44 bits per heavy atom. The highest BCUT2D eigenvalue weighted by atomic mass is 16.3. The molecule has 0 N–H and O–H groups in total. The third kappa shape index (κ3) is 2.66. The van der Waals surface area contributed by atoms with Gasteiger partial charge in [-0.25, -0.2) is 0 Å². The molecule has 0 amide bonds. The van der Waals surface area contributed by atoms with E-state index in [0.29, 0.717) is 12.2 Å². The zero-order valence-corrected chi connectivity index (χ0v) is 10.8. The van der Waals surface area contributed by atoms with Crippen LogP contribution in [0.1, 0.15) is 42.7 Å². The predicted octanol–water partition coefficient (Wildman–Crippen LogP) is 2.97. The Bertz CT molecular complexity index is 377. The van der Waals surface area contributed by atoms with Crippen LogP contribution in [0.15, 0.2) is 22.8 Å². The number of rotatable bonds is 4. The maximum atomic E-state index is 11.9. The SMILES string of the molecule is O=C(CCN1CC2CCC(CC2)C1)c1ccco1. The monoisotopic (exact) mass is 247 g/mol. The molecule has 2 saturated heterocycles. The summed E-state index contributed by atoms with van der Waals surface area (Å²) in [5, 5.41) is 0. The quantitative estimate of drug-likeness (QED) is 0.767. The van der Waals surface area contributed by atoms with Crippen LogP contribution in [0.5, 0.6) is 0 Å². The van der Waals surface area contributed by atoms with Gasteiger partial charge in [-0.1, -0.05) is 0 Å². The second-order valence-electron chi connectivity index (χ2n) is 5.80. The van der Waals surface area contributed by atoms with E-state index >= 15 is 0 Å². The summed E-state index contributed by atoms with van der Waals surface area (Å²) in [6, 6.07) is 3.54. The molecule has 0 atom stereocenters. The summed E-state index contributed by atoms with van der Waals surface area (Å²) in [7, 11) is 0. The molecule has 3 fully saturated rings. The fourth-order valence-electron chi connectivity index (χ4n) is 3.40. The molecule has 1 aromatic rings. The number of hydrogen-bond acceptors (Lipinski definition) is 3. The van der Waals surface area contributed by atoms with E-state index in [4.69, 9.17) is 4.42 Å². The summed E-state index contributed by atoms with van der Waals surface area (Å²) in [4.78, 5) is 14.4. The standard InChI is InChI=1S/C15H21NO2/c17-14(15-2-1-9-18-15)7-8-16-10-12-3-4-13(11-16)6-5-12/h1-2,9,12-13H,3-8,10-11H2. The number of carbonyl (C=O) groups is 1. The average molecular weight is 247 g/mol. The highest BCUT2D eigenvalue weighted by Crippen LogP contribution is 2.33. The van der Waals surface area contributed by atoms with Crippen molar-refractivity contribution in [3.8, 4) is 0 Å². The maximum Gasteiger partial charge on any atom is 0.199 e. The molecule has 3 heterocycles. The van der Waals surface area contributed by atoms with E-state index in [2.05, 4.69) is 4.90 Å². The molecule has 0 aromatic carbocycles. The number of nitrogens with zero attached hydrogens (tertiary/aromatic N) is 1. The Labute approximate surface area is 108 Å². The van der Waals surface area contributed by atoms with Crippen LogP contribution in [0.2, 0.25) is 0 Å². The van der Waals surface area contributed by atoms with Crippen LogP contribution in [-0.2, 0) is 0 Å². The molecule has 3 nitrogen and oxygen atoms in total. The molecule has 3 aliphatic rings. The van der Waals surface area contributed by atoms with Gasteiger partial charge in [0, 0.05) is 26.1 Å². The van der Waals surface area contributed by atoms with Crippen LogP contribution in [0.25, 0.3) is 0 Å². The largest absolute Gasteiger partial charge is 0.461 e. The molecule has 4 rings (SSSR count). The van der Waals surface area contributed by atoms with Gasteiger partial charge in [-0.3, -0.25) is 4.79 Å². The summed E-state index contributed by atoms with van der Waals surface area (Å²) in [5.41, 5.74) is 0. The Kier molecular flexibility index (Phi) is 3.50. The topological polar surface area (TPSA) is 33.5 Å². The van der Waals surface area contributed by atoms with Crippen LogP contribution in [0, 0.1) is 11.8 Å². The number of fused-ring (bicyclic) bond motifs is 4. The van der Waals surface area contributed by atoms with Crippen molar-refractivity contribution in [2.24, 2.45) is 11.8 Å². The van der Waals surface area contributed by atoms with E-state index in [1.807, 2.05) is 0 Å². The lowest BCUT2D eigenvalue weighted by Gasteiger charge is -2.21. The fraction of sp³-hybridized carbons (Fsp3) is 0.667. The molecule has 1 saturated carbocycles. The van der Waals surface area contributed by atoms with Crippen molar-refractivity contribution in [2.75, 3.05) is 19.6 Å². The van der Waals surface area contributed by atoms with Gasteiger partial charge in [0.1, 0.15) is 0 Å². The first-order valence-corrected chi connectivity index (χ1v) is 7.10. The zero-order chi connectivity index (χ0) is 12.4. The third-order valence-electron chi connectivity index (χ3n) is 4.45. The first-order chi connectivity index (χ1) is 8.81. The third-order valence-corrected chi connectivity index (χ3v) is 4.45. The molecule has 3 heteroatoms. The van der Waals surface area contributed by atoms with Gasteiger partial charge in [0.25, 0.3) is 0 Å². The molecular formula is C15H21NO2. The Morgan fingerprint density at radius 1 is 1.22 bits per heavy atom. The molecular weight excluding hydrogens is 226 g/mol. The highest BCUT2D eigenvalue weighted by molar-refractivity contribution is 5.93. The van der Waals surface area contributed by atoms with Gasteiger partial charge in [0.05, 0.1) is 6.26 Å². The van der Waals surface area contributed by atoms with Crippen LogP contribution in [0.4, 0.5) is 0 Å². The minimum Gasteiger partial charge on any atom is -0.461 e. The molecule has 18 heavy (non-hydrogen) atoms. The van der Waals surface area contributed by atoms with Crippen LogP contribution < -0.4 is 0 Å². The number of Topliss-reactive ketones (excluding diaryl/α,β-unsaturated/α-hetero) is 1. The number of ketones is 1. The summed E-state index contributed by atoms with van der Waals surface area (Å²) < 4.78 is 5.15. The number of hydrogen-bond donors (Lipinski definition) is 0. The lowest BCUT2D eigenvalue weighted by molar-refractivity contribution is 0.0934. The molecule has 2 aliphatic heterocycles. The number of carbonyl (C=O) groups excluding carboxylic acids is 1. The van der Waals surface area contributed by atoms with E-state index < -0.39 is 0 Å². The minimum absolute atomic E-state index is 0.136. The minimum atomic E-state index is 0.136. The Hall–Kier alpha value is -1.09. The van der Waals surface area contributed by atoms with Gasteiger partial charge in [0.2, 0.25) is 0 Å². The van der Waals surface area contributed by atoms with E-state index in [-0.39, 0.29) is 5.78 Å². The second-order valence-corrected chi connectivity index (χ2v) is 5.80. The van der Waals surface area contributed by atoms with Gasteiger partial charge < -0.3 is 9.32 Å². The summed E-state index contributed by atoms with van der Waals surface area (Å²) in [6.45, 7) is 3.29.